The van der Waals surface area contributed by atoms with E-state index in [-0.39, 0.29) is 5.22 Å². The Morgan fingerprint density at radius 3 is 2.41 bits per heavy atom. The van der Waals surface area contributed by atoms with Crippen LogP contribution in [-0.4, -0.2) is 15.2 Å². The van der Waals surface area contributed by atoms with Crippen LogP contribution in [0.25, 0.3) is 33.6 Å². The van der Waals surface area contributed by atoms with Crippen molar-refractivity contribution in [1.29, 1.82) is 0 Å². The second kappa shape index (κ2) is 5.27. The van der Waals surface area contributed by atoms with Gasteiger partial charge >= 0.3 is 0 Å². The van der Waals surface area contributed by atoms with Crippen molar-refractivity contribution < 1.29 is 4.42 Å². The summed E-state index contributed by atoms with van der Waals surface area (Å²) in [7, 11) is 0. The van der Waals surface area contributed by atoms with Gasteiger partial charge in [0.15, 0.2) is 0 Å². The molecule has 2 aromatic heterocycles. The molecule has 0 saturated heterocycles. The number of hydrogen-bond acceptors (Lipinski definition) is 5. The van der Waals surface area contributed by atoms with Gasteiger partial charge in [0.2, 0.25) is 5.89 Å². The quantitative estimate of drug-likeness (QED) is 0.563. The van der Waals surface area contributed by atoms with Crippen LogP contribution in [0, 0.1) is 0 Å². The molecule has 4 aromatic rings. The second-order valence-corrected chi connectivity index (χ2v) is 5.21. The molecule has 106 valence electrons. The first-order valence-electron chi connectivity index (χ1n) is 6.79. The molecule has 0 fully saturated rings. The predicted molar refractivity (Wildman–Crippen MR) is 87.7 cm³/mol. The number of nitrogens with zero attached hydrogens (tertiary/aromatic N) is 3. The summed E-state index contributed by atoms with van der Waals surface area (Å²) < 4.78 is 5.48. The molecule has 0 unspecified atom stereocenters. The third kappa shape index (κ3) is 2.25. The topological polar surface area (TPSA) is 51.8 Å². The molecule has 0 spiro atoms. The molecule has 2 heterocycles. The lowest BCUT2D eigenvalue weighted by Gasteiger charge is -2.07. The highest BCUT2D eigenvalue weighted by molar-refractivity contribution is 7.80. The SMILES string of the molecule is Sc1nnc(-c2cc(-c3ccccc3)nc3ccccc23)o1. The highest BCUT2D eigenvalue weighted by Crippen LogP contribution is 2.31. The smallest absolute Gasteiger partial charge is 0.273 e. The first kappa shape index (κ1) is 13.0. The van der Waals surface area contributed by atoms with Crippen LogP contribution in [0.3, 0.4) is 0 Å². The summed E-state index contributed by atoms with van der Waals surface area (Å²) >= 11 is 4.09. The van der Waals surface area contributed by atoms with Crippen molar-refractivity contribution in [3.63, 3.8) is 0 Å². The maximum Gasteiger partial charge on any atom is 0.273 e. The first-order valence-corrected chi connectivity index (χ1v) is 7.24. The van der Waals surface area contributed by atoms with E-state index in [2.05, 4.69) is 22.8 Å². The molecule has 5 heteroatoms. The van der Waals surface area contributed by atoms with Crippen molar-refractivity contribution in [1.82, 2.24) is 15.2 Å². The van der Waals surface area contributed by atoms with Crippen molar-refractivity contribution in [2.24, 2.45) is 0 Å². The highest BCUT2D eigenvalue weighted by Gasteiger charge is 2.13. The van der Waals surface area contributed by atoms with E-state index >= 15 is 0 Å². The van der Waals surface area contributed by atoms with Crippen LogP contribution in [0.4, 0.5) is 0 Å². The maximum atomic E-state index is 5.48. The zero-order valence-electron chi connectivity index (χ0n) is 11.5. The fourth-order valence-corrected chi connectivity index (χ4v) is 2.56. The standard InChI is InChI=1S/C17H11N3OS/c22-17-20-19-16(21-17)13-10-15(11-6-2-1-3-7-11)18-14-9-5-4-8-12(13)14/h1-10H,(H,20,22). The Bertz CT molecular complexity index is 950. The average Bonchev–Trinajstić information content (AvgIpc) is 3.01. The number of hydrogen-bond donors (Lipinski definition) is 1. The van der Waals surface area contributed by atoms with Gasteiger partial charge in [0.25, 0.3) is 5.22 Å². The van der Waals surface area contributed by atoms with Gasteiger partial charge in [0.1, 0.15) is 0 Å². The number of benzene rings is 2. The van der Waals surface area contributed by atoms with Crippen molar-refractivity contribution in [2.75, 3.05) is 0 Å². The van der Waals surface area contributed by atoms with E-state index in [0.717, 1.165) is 27.7 Å². The van der Waals surface area contributed by atoms with Gasteiger partial charge in [0.05, 0.1) is 16.8 Å². The Morgan fingerprint density at radius 1 is 0.864 bits per heavy atom. The van der Waals surface area contributed by atoms with E-state index in [1.807, 2.05) is 60.7 Å². The molecule has 0 radical (unpaired) electrons. The Balaban J connectivity index is 2.01. The molecular formula is C17H11N3OS. The number of fused-ring (bicyclic) bond motifs is 1. The molecule has 0 N–H and O–H groups in total. The van der Waals surface area contributed by atoms with E-state index in [0.29, 0.717) is 5.89 Å². The average molecular weight is 305 g/mol. The Kier molecular flexibility index (Phi) is 3.12. The summed E-state index contributed by atoms with van der Waals surface area (Å²) in [6.07, 6.45) is 0. The zero-order chi connectivity index (χ0) is 14.9. The zero-order valence-corrected chi connectivity index (χ0v) is 12.4. The number of aromatic nitrogens is 3. The van der Waals surface area contributed by atoms with E-state index in [9.17, 15) is 0 Å². The lowest BCUT2D eigenvalue weighted by Crippen LogP contribution is -1.89. The van der Waals surface area contributed by atoms with Crippen LogP contribution in [-0.2, 0) is 0 Å². The van der Waals surface area contributed by atoms with Gasteiger partial charge in [-0.05, 0) is 12.1 Å². The summed E-state index contributed by atoms with van der Waals surface area (Å²) in [4.78, 5) is 4.73. The predicted octanol–water partition coefficient (Wildman–Crippen LogP) is 4.24. The Hall–Kier alpha value is -2.66. The van der Waals surface area contributed by atoms with Crippen LogP contribution in [0.5, 0.6) is 0 Å². The van der Waals surface area contributed by atoms with E-state index < -0.39 is 0 Å². The normalized spacial score (nSPS) is 11.0. The minimum atomic E-state index is 0.247. The molecule has 4 rings (SSSR count). The van der Waals surface area contributed by atoms with Gasteiger partial charge in [-0.15, -0.1) is 10.2 Å². The minimum absolute atomic E-state index is 0.247. The van der Waals surface area contributed by atoms with Gasteiger partial charge in [-0.1, -0.05) is 61.2 Å². The van der Waals surface area contributed by atoms with E-state index in [1.165, 1.54) is 0 Å². The number of para-hydroxylation sites is 1. The lowest BCUT2D eigenvalue weighted by molar-refractivity contribution is 0.468. The van der Waals surface area contributed by atoms with Gasteiger partial charge in [-0.3, -0.25) is 0 Å². The monoisotopic (exact) mass is 305 g/mol. The van der Waals surface area contributed by atoms with Crippen molar-refractivity contribution in [2.45, 2.75) is 5.22 Å². The fourth-order valence-electron chi connectivity index (χ4n) is 2.43. The maximum absolute atomic E-state index is 5.48. The van der Waals surface area contributed by atoms with Gasteiger partial charge in [-0.2, -0.15) is 0 Å². The summed E-state index contributed by atoms with van der Waals surface area (Å²) in [6, 6.07) is 19.9. The molecule has 0 aliphatic heterocycles. The lowest BCUT2D eigenvalue weighted by atomic mass is 10.0. The molecule has 0 atom stereocenters. The van der Waals surface area contributed by atoms with Gasteiger partial charge < -0.3 is 4.42 Å². The number of pyridine rings is 1. The number of thiol groups is 1. The summed E-state index contributed by atoms with van der Waals surface area (Å²) in [5.41, 5.74) is 3.66. The Morgan fingerprint density at radius 2 is 1.64 bits per heavy atom. The molecule has 4 nitrogen and oxygen atoms in total. The fraction of sp³-hybridized carbons (Fsp3) is 0. The summed E-state index contributed by atoms with van der Waals surface area (Å²) in [5.74, 6) is 0.445. The third-order valence-corrected chi connectivity index (χ3v) is 3.61. The molecule has 22 heavy (non-hydrogen) atoms. The number of rotatable bonds is 2. The Labute approximate surface area is 132 Å². The molecule has 0 amide bonds. The van der Waals surface area contributed by atoms with E-state index in [4.69, 9.17) is 9.40 Å². The first-order chi connectivity index (χ1) is 10.8. The van der Waals surface area contributed by atoms with Crippen molar-refractivity contribution >= 4 is 23.5 Å². The highest BCUT2D eigenvalue weighted by atomic mass is 32.1. The molecule has 0 aliphatic carbocycles. The van der Waals surface area contributed by atoms with Crippen LogP contribution < -0.4 is 0 Å². The molecular weight excluding hydrogens is 294 g/mol. The van der Waals surface area contributed by atoms with Gasteiger partial charge in [0, 0.05) is 10.9 Å². The second-order valence-electron chi connectivity index (χ2n) is 4.83. The van der Waals surface area contributed by atoms with Crippen LogP contribution in [0.2, 0.25) is 0 Å². The molecule has 0 saturated carbocycles. The summed E-state index contributed by atoms with van der Waals surface area (Å²) in [6.45, 7) is 0. The molecule has 0 aliphatic rings. The van der Waals surface area contributed by atoms with Crippen LogP contribution in [0.1, 0.15) is 0 Å². The largest absolute Gasteiger partial charge is 0.411 e. The molecule has 2 aromatic carbocycles. The van der Waals surface area contributed by atoms with Crippen molar-refractivity contribution in [3.05, 3.63) is 60.7 Å². The minimum Gasteiger partial charge on any atom is -0.411 e. The molecule has 0 bridgehead atoms. The van der Waals surface area contributed by atoms with Crippen LogP contribution >= 0.6 is 12.6 Å². The van der Waals surface area contributed by atoms with E-state index in [1.54, 1.807) is 0 Å². The van der Waals surface area contributed by atoms with Gasteiger partial charge in [-0.25, -0.2) is 4.98 Å². The van der Waals surface area contributed by atoms with Crippen molar-refractivity contribution in [3.8, 4) is 22.7 Å². The third-order valence-electron chi connectivity index (χ3n) is 3.43. The van der Waals surface area contributed by atoms with Crippen LogP contribution in [0.15, 0.2) is 70.3 Å². The summed E-state index contributed by atoms with van der Waals surface area (Å²) in [5, 5.41) is 9.10.